The van der Waals surface area contributed by atoms with Crippen LogP contribution in [0.4, 0.5) is 10.1 Å². The summed E-state index contributed by atoms with van der Waals surface area (Å²) in [5.74, 6) is -1.29. The molecule has 0 bridgehead atoms. The van der Waals surface area contributed by atoms with Crippen molar-refractivity contribution in [2.45, 2.75) is 65.0 Å². The molecule has 0 radical (unpaired) electrons. The van der Waals surface area contributed by atoms with Crippen molar-refractivity contribution in [3.8, 4) is 11.8 Å². The number of piperazine rings is 1. The standard InChI is InChI=1S/C36H40FN5O5/c1-36(2,3)47-33(43)14-13-31(34(39)44)42-22-28-27(35(42)45)5-4-6-32(28)46-23-25-9-7-24(8-10-25)21-40-15-17-41(18-16-40)30-12-11-26(20-38)19-29(30)37/h4-12,19,31H,13-18,21-23H2,1-3H3,(H2,39,44). The first-order chi connectivity index (χ1) is 22.4. The Balaban J connectivity index is 1.14. The van der Waals surface area contributed by atoms with Gasteiger partial charge < -0.3 is 25.0 Å². The summed E-state index contributed by atoms with van der Waals surface area (Å²) >= 11 is 0. The number of nitrogens with zero attached hydrogens (tertiary/aromatic N) is 4. The van der Waals surface area contributed by atoms with Gasteiger partial charge in [-0.2, -0.15) is 5.26 Å². The van der Waals surface area contributed by atoms with Gasteiger partial charge in [-0.25, -0.2) is 4.39 Å². The Bertz CT molecular complexity index is 1670. The molecule has 1 unspecified atom stereocenters. The Labute approximate surface area is 274 Å². The fourth-order valence-electron chi connectivity index (χ4n) is 5.95. The molecule has 3 aromatic carbocycles. The number of primary amides is 1. The zero-order chi connectivity index (χ0) is 33.7. The molecule has 2 amide bonds. The number of nitriles is 1. The molecule has 1 fully saturated rings. The molecule has 2 aliphatic rings. The van der Waals surface area contributed by atoms with Gasteiger partial charge in [0.15, 0.2) is 0 Å². The highest BCUT2D eigenvalue weighted by molar-refractivity contribution is 6.01. The van der Waals surface area contributed by atoms with E-state index in [1.54, 1.807) is 51.1 Å². The van der Waals surface area contributed by atoms with Gasteiger partial charge in [-0.05, 0) is 68.7 Å². The van der Waals surface area contributed by atoms with Crippen molar-refractivity contribution < 1.29 is 28.2 Å². The van der Waals surface area contributed by atoms with E-state index in [1.807, 2.05) is 23.1 Å². The highest BCUT2D eigenvalue weighted by Crippen LogP contribution is 2.33. The predicted molar refractivity (Wildman–Crippen MR) is 174 cm³/mol. The summed E-state index contributed by atoms with van der Waals surface area (Å²) < 4.78 is 26.0. The molecule has 2 aliphatic heterocycles. The Kier molecular flexibility index (Phi) is 10.1. The number of nitrogens with two attached hydrogens (primary N) is 1. The maximum atomic E-state index is 14.5. The van der Waals surface area contributed by atoms with Crippen molar-refractivity contribution in [1.82, 2.24) is 9.80 Å². The smallest absolute Gasteiger partial charge is 0.306 e. The Morgan fingerprint density at radius 1 is 1.02 bits per heavy atom. The lowest BCUT2D eigenvalue weighted by Crippen LogP contribution is -2.46. The lowest BCUT2D eigenvalue weighted by Gasteiger charge is -2.36. The van der Waals surface area contributed by atoms with E-state index in [0.717, 1.165) is 30.8 Å². The summed E-state index contributed by atoms with van der Waals surface area (Å²) in [6, 6.07) is 19.0. The topological polar surface area (TPSA) is 129 Å². The zero-order valence-corrected chi connectivity index (χ0v) is 27.0. The van der Waals surface area contributed by atoms with Gasteiger partial charge in [0.2, 0.25) is 5.91 Å². The number of ether oxygens (including phenoxy) is 2. The molecule has 2 N–H and O–H groups in total. The van der Waals surface area contributed by atoms with Gasteiger partial charge in [0, 0.05) is 50.3 Å². The second-order valence-corrected chi connectivity index (χ2v) is 12.9. The molecule has 10 nitrogen and oxygen atoms in total. The SMILES string of the molecule is CC(C)(C)OC(=O)CCC(C(N)=O)N1Cc2c(OCc3ccc(CN4CCN(c5ccc(C#N)cc5F)CC4)cc3)cccc2C1=O. The highest BCUT2D eigenvalue weighted by Gasteiger charge is 2.37. The molecule has 5 rings (SSSR count). The summed E-state index contributed by atoms with van der Waals surface area (Å²) in [4.78, 5) is 43.6. The van der Waals surface area contributed by atoms with Crippen LogP contribution in [0.1, 0.15) is 66.2 Å². The molecular formula is C36H40FN5O5. The molecule has 2 heterocycles. The number of hydrogen-bond acceptors (Lipinski definition) is 8. The minimum absolute atomic E-state index is 0.0425. The molecule has 0 aliphatic carbocycles. The van der Waals surface area contributed by atoms with Gasteiger partial charge >= 0.3 is 5.97 Å². The molecule has 0 aromatic heterocycles. The fourth-order valence-corrected chi connectivity index (χ4v) is 5.95. The van der Waals surface area contributed by atoms with Crippen LogP contribution in [0.15, 0.2) is 60.7 Å². The average molecular weight is 642 g/mol. The number of anilines is 1. The third-order valence-corrected chi connectivity index (χ3v) is 8.31. The summed E-state index contributed by atoms with van der Waals surface area (Å²) in [6.07, 6.45) is 0.0248. The van der Waals surface area contributed by atoms with Crippen molar-refractivity contribution in [1.29, 1.82) is 5.26 Å². The van der Waals surface area contributed by atoms with Crippen molar-refractivity contribution in [2.75, 3.05) is 31.1 Å². The normalized spacial score (nSPS) is 15.6. The average Bonchev–Trinajstić information content (AvgIpc) is 3.36. The Morgan fingerprint density at radius 2 is 1.72 bits per heavy atom. The second-order valence-electron chi connectivity index (χ2n) is 12.9. The van der Waals surface area contributed by atoms with Crippen molar-refractivity contribution >= 4 is 23.5 Å². The summed E-state index contributed by atoms with van der Waals surface area (Å²) in [7, 11) is 0. The number of benzene rings is 3. The van der Waals surface area contributed by atoms with E-state index in [4.69, 9.17) is 20.5 Å². The Morgan fingerprint density at radius 3 is 2.36 bits per heavy atom. The van der Waals surface area contributed by atoms with Gasteiger partial charge in [0.1, 0.15) is 29.8 Å². The van der Waals surface area contributed by atoms with E-state index in [-0.39, 0.29) is 37.7 Å². The molecule has 0 spiro atoms. The molecular weight excluding hydrogens is 601 g/mol. The van der Waals surface area contributed by atoms with Crippen LogP contribution < -0.4 is 15.4 Å². The lowest BCUT2D eigenvalue weighted by atomic mass is 10.1. The van der Waals surface area contributed by atoms with Crippen LogP contribution in [0.2, 0.25) is 0 Å². The van der Waals surface area contributed by atoms with Gasteiger partial charge in [-0.1, -0.05) is 30.3 Å². The number of amides is 2. The van der Waals surface area contributed by atoms with Crippen molar-refractivity contribution in [3.05, 3.63) is 94.3 Å². The van der Waals surface area contributed by atoms with Gasteiger partial charge in [0.25, 0.3) is 5.91 Å². The number of esters is 1. The second kappa shape index (κ2) is 14.2. The van der Waals surface area contributed by atoms with E-state index in [0.29, 0.717) is 41.2 Å². The van der Waals surface area contributed by atoms with Gasteiger partial charge in [0.05, 0.1) is 23.9 Å². The number of carbonyl (C=O) groups is 3. The summed E-state index contributed by atoms with van der Waals surface area (Å²) in [5, 5.41) is 8.99. The number of hydrogen-bond donors (Lipinski definition) is 1. The van der Waals surface area contributed by atoms with Crippen LogP contribution in [0, 0.1) is 17.1 Å². The van der Waals surface area contributed by atoms with Crippen molar-refractivity contribution in [3.63, 3.8) is 0 Å². The molecule has 47 heavy (non-hydrogen) atoms. The third kappa shape index (κ3) is 8.26. The predicted octanol–water partition coefficient (Wildman–Crippen LogP) is 4.53. The van der Waals surface area contributed by atoms with Crippen LogP contribution in [-0.2, 0) is 34.0 Å². The highest BCUT2D eigenvalue weighted by atomic mass is 19.1. The van der Waals surface area contributed by atoms with Crippen LogP contribution in [0.3, 0.4) is 0 Å². The monoisotopic (exact) mass is 641 g/mol. The minimum atomic E-state index is -0.956. The number of fused-ring (bicyclic) bond motifs is 1. The number of halogens is 1. The lowest BCUT2D eigenvalue weighted by molar-refractivity contribution is -0.155. The van der Waals surface area contributed by atoms with Crippen LogP contribution in [-0.4, -0.2) is 65.4 Å². The summed E-state index contributed by atoms with van der Waals surface area (Å²) in [6.45, 7) is 9.47. The fraction of sp³-hybridized carbons (Fsp3) is 0.389. The first-order valence-corrected chi connectivity index (χ1v) is 15.7. The van der Waals surface area contributed by atoms with E-state index < -0.39 is 23.5 Å². The molecule has 11 heteroatoms. The van der Waals surface area contributed by atoms with E-state index >= 15 is 0 Å². The van der Waals surface area contributed by atoms with Gasteiger partial charge in [-0.3, -0.25) is 19.3 Å². The zero-order valence-electron chi connectivity index (χ0n) is 27.0. The maximum Gasteiger partial charge on any atom is 0.306 e. The summed E-state index contributed by atoms with van der Waals surface area (Å²) in [5.41, 5.74) is 9.10. The van der Waals surface area contributed by atoms with E-state index in [9.17, 15) is 18.8 Å². The third-order valence-electron chi connectivity index (χ3n) is 8.31. The first-order valence-electron chi connectivity index (χ1n) is 15.7. The Hall–Kier alpha value is -4.95. The van der Waals surface area contributed by atoms with E-state index in [2.05, 4.69) is 17.0 Å². The van der Waals surface area contributed by atoms with Gasteiger partial charge in [-0.15, -0.1) is 0 Å². The molecule has 246 valence electrons. The quantitative estimate of drug-likeness (QED) is 0.303. The largest absolute Gasteiger partial charge is 0.489 e. The van der Waals surface area contributed by atoms with Crippen LogP contribution >= 0.6 is 0 Å². The van der Waals surface area contributed by atoms with E-state index in [1.165, 1.54) is 11.0 Å². The van der Waals surface area contributed by atoms with Crippen molar-refractivity contribution in [2.24, 2.45) is 5.73 Å². The molecule has 1 saturated heterocycles. The minimum Gasteiger partial charge on any atom is -0.489 e. The number of carbonyl (C=O) groups excluding carboxylic acids is 3. The maximum absolute atomic E-state index is 14.5. The van der Waals surface area contributed by atoms with Crippen LogP contribution in [0.25, 0.3) is 0 Å². The molecule has 3 aromatic rings. The molecule has 0 saturated carbocycles. The first kappa shape index (κ1) is 33.4. The molecule has 1 atom stereocenters. The number of rotatable bonds is 11. The van der Waals surface area contributed by atoms with Crippen LogP contribution in [0.5, 0.6) is 5.75 Å².